The Morgan fingerprint density at radius 2 is 2.04 bits per heavy atom. The van der Waals surface area contributed by atoms with Gasteiger partial charge in [0.1, 0.15) is 11.6 Å². The minimum Gasteiger partial charge on any atom is -0.494 e. The second-order valence-electron chi connectivity index (χ2n) is 5.02. The van der Waals surface area contributed by atoms with Crippen LogP contribution in [0.5, 0.6) is 5.75 Å². The van der Waals surface area contributed by atoms with Gasteiger partial charge in [-0.15, -0.1) is 0 Å². The maximum Gasteiger partial charge on any atom is 0.437 e. The van der Waals surface area contributed by atoms with E-state index in [1.54, 1.807) is 18.2 Å². The number of rotatable bonds is 7. The SMILES string of the molecule is CCCCOc1cccc(NC(=O)ON=Cc2ccc(F)cc2)c1. The highest BCUT2D eigenvalue weighted by molar-refractivity contribution is 5.86. The van der Waals surface area contributed by atoms with Gasteiger partial charge >= 0.3 is 6.09 Å². The van der Waals surface area contributed by atoms with Crippen LogP contribution in [0.25, 0.3) is 0 Å². The Balaban J connectivity index is 1.83. The Hall–Kier alpha value is -2.89. The molecule has 5 nitrogen and oxygen atoms in total. The van der Waals surface area contributed by atoms with Gasteiger partial charge in [-0.05, 0) is 36.2 Å². The smallest absolute Gasteiger partial charge is 0.437 e. The van der Waals surface area contributed by atoms with E-state index in [4.69, 9.17) is 9.57 Å². The van der Waals surface area contributed by atoms with Gasteiger partial charge in [0.2, 0.25) is 0 Å². The lowest BCUT2D eigenvalue weighted by molar-refractivity contribution is 0.167. The number of carbonyl (C=O) groups excluding carboxylic acids is 1. The van der Waals surface area contributed by atoms with Crippen molar-refractivity contribution < 1.29 is 18.8 Å². The van der Waals surface area contributed by atoms with Crippen LogP contribution in [0.2, 0.25) is 0 Å². The van der Waals surface area contributed by atoms with Gasteiger partial charge in [0.25, 0.3) is 0 Å². The molecule has 0 fully saturated rings. The summed E-state index contributed by atoms with van der Waals surface area (Å²) in [6.45, 7) is 2.72. The lowest BCUT2D eigenvalue weighted by Crippen LogP contribution is -2.11. The summed E-state index contributed by atoms with van der Waals surface area (Å²) in [5.41, 5.74) is 1.17. The highest BCUT2D eigenvalue weighted by atomic mass is 19.1. The Bertz CT molecular complexity index is 687. The van der Waals surface area contributed by atoms with Gasteiger partial charge in [0.05, 0.1) is 12.8 Å². The summed E-state index contributed by atoms with van der Waals surface area (Å²) < 4.78 is 18.3. The van der Waals surface area contributed by atoms with Gasteiger partial charge in [-0.2, -0.15) is 0 Å². The Morgan fingerprint density at radius 3 is 2.79 bits per heavy atom. The van der Waals surface area contributed by atoms with Gasteiger partial charge < -0.3 is 4.74 Å². The van der Waals surface area contributed by atoms with E-state index in [1.165, 1.54) is 30.5 Å². The van der Waals surface area contributed by atoms with Gasteiger partial charge in [-0.1, -0.05) is 36.7 Å². The standard InChI is InChI=1S/C18H19FN2O3/c1-2-3-11-23-17-6-4-5-16(12-17)21-18(22)24-20-13-14-7-9-15(19)10-8-14/h4-10,12-13H,2-3,11H2,1H3,(H,21,22). The maximum absolute atomic E-state index is 12.8. The van der Waals surface area contributed by atoms with Crippen LogP contribution in [0, 0.1) is 5.82 Å². The predicted octanol–water partition coefficient (Wildman–Crippen LogP) is 4.59. The summed E-state index contributed by atoms with van der Waals surface area (Å²) in [5, 5.41) is 6.11. The molecule has 0 aliphatic heterocycles. The van der Waals surface area contributed by atoms with Crippen molar-refractivity contribution in [3.05, 3.63) is 59.9 Å². The molecule has 0 saturated carbocycles. The van der Waals surface area contributed by atoms with Crippen LogP contribution in [0.4, 0.5) is 14.9 Å². The number of nitrogens with zero attached hydrogens (tertiary/aromatic N) is 1. The topological polar surface area (TPSA) is 59.9 Å². The molecule has 24 heavy (non-hydrogen) atoms. The molecule has 2 aromatic carbocycles. The summed E-state index contributed by atoms with van der Waals surface area (Å²) in [6.07, 6.45) is 2.62. The highest BCUT2D eigenvalue weighted by Gasteiger charge is 2.04. The molecule has 0 spiro atoms. The second kappa shape index (κ2) is 9.29. The summed E-state index contributed by atoms with van der Waals surface area (Å²) in [6, 6.07) is 12.7. The molecular formula is C18H19FN2O3. The van der Waals surface area contributed by atoms with Gasteiger partial charge in [-0.3, -0.25) is 10.2 Å². The fourth-order valence-corrected chi connectivity index (χ4v) is 1.82. The number of ether oxygens (including phenoxy) is 1. The van der Waals surface area contributed by atoms with E-state index >= 15 is 0 Å². The molecule has 1 N–H and O–H groups in total. The highest BCUT2D eigenvalue weighted by Crippen LogP contribution is 2.17. The normalized spacial score (nSPS) is 10.6. The first-order chi connectivity index (χ1) is 11.7. The van der Waals surface area contributed by atoms with Crippen LogP contribution in [0.15, 0.2) is 53.7 Å². The Morgan fingerprint density at radius 1 is 1.25 bits per heavy atom. The van der Waals surface area contributed by atoms with Crippen LogP contribution in [0.1, 0.15) is 25.3 Å². The molecule has 6 heteroatoms. The van der Waals surface area contributed by atoms with Crippen molar-refractivity contribution in [3.63, 3.8) is 0 Å². The number of nitrogens with one attached hydrogen (secondary N) is 1. The molecule has 0 unspecified atom stereocenters. The van der Waals surface area contributed by atoms with Crippen LogP contribution >= 0.6 is 0 Å². The molecule has 0 bridgehead atoms. The second-order valence-corrected chi connectivity index (χ2v) is 5.02. The largest absolute Gasteiger partial charge is 0.494 e. The van der Waals surface area contributed by atoms with E-state index in [2.05, 4.69) is 17.4 Å². The van der Waals surface area contributed by atoms with Gasteiger partial charge in [0.15, 0.2) is 0 Å². The number of halogens is 1. The molecule has 0 saturated heterocycles. The number of oxime groups is 1. The van der Waals surface area contributed by atoms with Crippen LogP contribution in [0.3, 0.4) is 0 Å². The van der Waals surface area contributed by atoms with E-state index in [0.29, 0.717) is 23.6 Å². The molecule has 2 rings (SSSR count). The molecule has 0 aliphatic rings. The zero-order chi connectivity index (χ0) is 17.2. The molecule has 1 amide bonds. The number of carbonyl (C=O) groups is 1. The lowest BCUT2D eigenvalue weighted by atomic mass is 10.2. The molecule has 0 atom stereocenters. The predicted molar refractivity (Wildman–Crippen MR) is 90.9 cm³/mol. The van der Waals surface area contributed by atoms with E-state index in [0.717, 1.165) is 12.8 Å². The lowest BCUT2D eigenvalue weighted by Gasteiger charge is -2.07. The molecule has 126 valence electrons. The van der Waals surface area contributed by atoms with E-state index in [-0.39, 0.29) is 5.82 Å². The minimum absolute atomic E-state index is 0.341. The zero-order valence-corrected chi connectivity index (χ0v) is 13.4. The Labute approximate surface area is 140 Å². The van der Waals surface area contributed by atoms with E-state index in [9.17, 15) is 9.18 Å². The van der Waals surface area contributed by atoms with E-state index in [1.807, 2.05) is 6.07 Å². The maximum atomic E-state index is 12.8. The molecule has 0 aromatic heterocycles. The van der Waals surface area contributed by atoms with Crippen molar-refractivity contribution in [2.24, 2.45) is 5.16 Å². The third-order valence-electron chi connectivity index (χ3n) is 3.05. The number of hydrogen-bond donors (Lipinski definition) is 1. The minimum atomic E-state index is -0.723. The monoisotopic (exact) mass is 330 g/mol. The number of amides is 1. The first-order valence-electron chi connectivity index (χ1n) is 7.67. The van der Waals surface area contributed by atoms with Gasteiger partial charge in [0, 0.05) is 11.8 Å². The third-order valence-corrected chi connectivity index (χ3v) is 3.05. The fraction of sp³-hybridized carbons (Fsp3) is 0.222. The van der Waals surface area contributed by atoms with Crippen LogP contribution < -0.4 is 10.1 Å². The third kappa shape index (κ3) is 6.08. The summed E-state index contributed by atoms with van der Waals surface area (Å²) in [5.74, 6) is 0.336. The van der Waals surface area contributed by atoms with Crippen molar-refractivity contribution in [3.8, 4) is 5.75 Å². The molecule has 0 heterocycles. The molecule has 2 aromatic rings. The van der Waals surface area contributed by atoms with E-state index < -0.39 is 6.09 Å². The zero-order valence-electron chi connectivity index (χ0n) is 13.4. The summed E-state index contributed by atoms with van der Waals surface area (Å²) >= 11 is 0. The molecular weight excluding hydrogens is 311 g/mol. The van der Waals surface area contributed by atoms with Crippen molar-refractivity contribution in [2.45, 2.75) is 19.8 Å². The number of anilines is 1. The fourth-order valence-electron chi connectivity index (χ4n) is 1.82. The van der Waals surface area contributed by atoms with Crippen molar-refractivity contribution in [1.29, 1.82) is 0 Å². The average molecular weight is 330 g/mol. The van der Waals surface area contributed by atoms with Gasteiger partial charge in [-0.25, -0.2) is 9.18 Å². The quantitative estimate of drug-likeness (QED) is 0.350. The van der Waals surface area contributed by atoms with Crippen LogP contribution in [-0.2, 0) is 4.84 Å². The van der Waals surface area contributed by atoms with Crippen molar-refractivity contribution >= 4 is 18.0 Å². The molecule has 0 radical (unpaired) electrons. The van der Waals surface area contributed by atoms with Crippen LogP contribution in [-0.4, -0.2) is 18.9 Å². The summed E-state index contributed by atoms with van der Waals surface area (Å²) in [7, 11) is 0. The molecule has 0 aliphatic carbocycles. The number of benzene rings is 2. The number of unbranched alkanes of at least 4 members (excludes halogenated alkanes) is 1. The van der Waals surface area contributed by atoms with Crippen molar-refractivity contribution in [2.75, 3.05) is 11.9 Å². The number of hydrogen-bond acceptors (Lipinski definition) is 4. The summed E-state index contributed by atoms with van der Waals surface area (Å²) in [4.78, 5) is 16.4. The first-order valence-corrected chi connectivity index (χ1v) is 7.67. The van der Waals surface area contributed by atoms with Crippen molar-refractivity contribution in [1.82, 2.24) is 0 Å². The average Bonchev–Trinajstić information content (AvgIpc) is 2.57. The first kappa shape index (κ1) is 17.5. The Kier molecular flexibility index (Phi) is 6.76.